The van der Waals surface area contributed by atoms with Crippen LogP contribution >= 0.6 is 11.6 Å². The summed E-state index contributed by atoms with van der Waals surface area (Å²) in [6, 6.07) is 8.07. The van der Waals surface area contributed by atoms with E-state index in [0.29, 0.717) is 30.7 Å². The lowest BCUT2D eigenvalue weighted by Crippen LogP contribution is -2.52. The van der Waals surface area contributed by atoms with Crippen molar-refractivity contribution < 1.29 is 18.3 Å². The second-order valence-electron chi connectivity index (χ2n) is 8.16. The molecule has 1 aromatic carbocycles. The largest absolute Gasteiger partial charge is 0.465 e. The van der Waals surface area contributed by atoms with Gasteiger partial charge in [-0.2, -0.15) is 9.97 Å². The van der Waals surface area contributed by atoms with Crippen molar-refractivity contribution in [2.45, 2.75) is 31.2 Å². The van der Waals surface area contributed by atoms with Crippen LogP contribution in [0.1, 0.15) is 18.9 Å². The van der Waals surface area contributed by atoms with Crippen molar-refractivity contribution in [2.24, 2.45) is 5.92 Å². The Morgan fingerprint density at radius 2 is 1.91 bits per heavy atom. The maximum atomic E-state index is 13.3. The van der Waals surface area contributed by atoms with Crippen LogP contribution in [0.5, 0.6) is 0 Å². The molecular formula is C21H24ClN5O4S. The van der Waals surface area contributed by atoms with E-state index in [1.165, 1.54) is 11.1 Å². The van der Waals surface area contributed by atoms with Gasteiger partial charge in [0.05, 0.1) is 16.3 Å². The second-order valence-corrected chi connectivity index (χ2v) is 10.3. The Hall–Kier alpha value is -2.85. The van der Waals surface area contributed by atoms with Crippen molar-refractivity contribution in [3.05, 3.63) is 47.4 Å². The standard InChI is InChI=1S/C21H24ClN5O4S/c1-13-4-6-15(7-5-13)32(30,31)27-11-9-16-18(23-20(22)24-19(16)27)25(3)17-12-26(21(28)29)10-8-14(17)2/h4-7,9,11,14,17H,8,10,12H2,1-3H3,(H,28,29)/t14-,17+/m1/s1. The molecule has 0 aliphatic carbocycles. The summed E-state index contributed by atoms with van der Waals surface area (Å²) in [5.41, 5.74) is 1.12. The molecule has 0 unspecified atom stereocenters. The summed E-state index contributed by atoms with van der Waals surface area (Å²) in [5.74, 6) is 0.666. The molecule has 1 aliphatic rings. The number of likely N-dealkylation sites (N-methyl/N-ethyl adjacent to an activating group) is 1. The lowest BCUT2D eigenvalue weighted by molar-refractivity contribution is 0.118. The Morgan fingerprint density at radius 1 is 1.22 bits per heavy atom. The number of hydrogen-bond donors (Lipinski definition) is 1. The molecule has 1 N–H and O–H groups in total. The van der Waals surface area contributed by atoms with Crippen LogP contribution in [0, 0.1) is 12.8 Å². The van der Waals surface area contributed by atoms with Crippen LogP contribution in [0.15, 0.2) is 41.4 Å². The van der Waals surface area contributed by atoms with Crippen LogP contribution in [-0.2, 0) is 10.0 Å². The Labute approximate surface area is 191 Å². The molecule has 0 bridgehead atoms. The van der Waals surface area contributed by atoms with Crippen LogP contribution in [0.3, 0.4) is 0 Å². The minimum atomic E-state index is -3.89. The summed E-state index contributed by atoms with van der Waals surface area (Å²) in [4.78, 5) is 23.5. The number of halogens is 1. The monoisotopic (exact) mass is 477 g/mol. The number of piperidine rings is 1. The third-order valence-corrected chi connectivity index (χ3v) is 7.91. The fraction of sp³-hybridized carbons (Fsp3) is 0.381. The van der Waals surface area contributed by atoms with Crippen LogP contribution in [0.2, 0.25) is 5.28 Å². The minimum absolute atomic E-state index is 0.0861. The molecular weight excluding hydrogens is 454 g/mol. The number of carboxylic acid groups (broad SMARTS) is 1. The van der Waals surface area contributed by atoms with Gasteiger partial charge >= 0.3 is 6.09 Å². The van der Waals surface area contributed by atoms with E-state index in [1.807, 2.05) is 18.9 Å². The maximum Gasteiger partial charge on any atom is 0.407 e. The van der Waals surface area contributed by atoms with Crippen molar-refractivity contribution >= 4 is 44.6 Å². The van der Waals surface area contributed by atoms with Crippen molar-refractivity contribution in [3.63, 3.8) is 0 Å². The van der Waals surface area contributed by atoms with Crippen LogP contribution in [0.4, 0.5) is 10.6 Å². The van der Waals surface area contributed by atoms with Gasteiger partial charge in [0.2, 0.25) is 5.28 Å². The van der Waals surface area contributed by atoms with Gasteiger partial charge in [-0.1, -0.05) is 24.6 Å². The highest BCUT2D eigenvalue weighted by Crippen LogP contribution is 2.32. The zero-order chi connectivity index (χ0) is 23.2. The van der Waals surface area contributed by atoms with E-state index in [4.69, 9.17) is 11.6 Å². The third-order valence-electron chi connectivity index (χ3n) is 6.06. The van der Waals surface area contributed by atoms with Crippen molar-refractivity contribution in [2.75, 3.05) is 25.0 Å². The van der Waals surface area contributed by atoms with Crippen molar-refractivity contribution in [3.8, 4) is 0 Å². The highest BCUT2D eigenvalue weighted by molar-refractivity contribution is 7.90. The molecule has 1 amide bonds. The molecule has 9 nitrogen and oxygen atoms in total. The van der Waals surface area contributed by atoms with Crippen molar-refractivity contribution in [1.82, 2.24) is 18.8 Å². The number of benzene rings is 1. The van der Waals surface area contributed by atoms with Gasteiger partial charge in [-0.05, 0) is 49.1 Å². The fourth-order valence-corrected chi connectivity index (χ4v) is 5.58. The average Bonchev–Trinajstić information content (AvgIpc) is 3.17. The summed E-state index contributed by atoms with van der Waals surface area (Å²) in [7, 11) is -2.07. The van der Waals surface area contributed by atoms with Crippen LogP contribution in [0.25, 0.3) is 11.0 Å². The first-order valence-corrected chi connectivity index (χ1v) is 12.0. The molecule has 4 rings (SSSR count). The summed E-state index contributed by atoms with van der Waals surface area (Å²) in [5, 5.41) is 9.85. The second kappa shape index (κ2) is 8.25. The van der Waals surface area contributed by atoms with E-state index >= 15 is 0 Å². The lowest BCUT2D eigenvalue weighted by atomic mass is 9.92. The maximum absolute atomic E-state index is 13.3. The normalized spacial score (nSPS) is 19.3. The van der Waals surface area contributed by atoms with Gasteiger partial charge in [0.25, 0.3) is 10.0 Å². The fourth-order valence-electron chi connectivity index (χ4n) is 4.12. The first kappa shape index (κ1) is 22.3. The van der Waals surface area contributed by atoms with E-state index in [0.717, 1.165) is 9.54 Å². The van der Waals surface area contributed by atoms with Gasteiger partial charge in [-0.15, -0.1) is 0 Å². The highest BCUT2D eigenvalue weighted by atomic mass is 35.5. The summed E-state index contributed by atoms with van der Waals surface area (Å²) >= 11 is 6.21. The van der Waals surface area contributed by atoms with Gasteiger partial charge in [-0.3, -0.25) is 0 Å². The number of anilines is 1. The Kier molecular flexibility index (Phi) is 5.76. The number of hydrogen-bond acceptors (Lipinski definition) is 6. The number of amides is 1. The number of aryl methyl sites for hydroxylation is 1. The molecule has 1 aliphatic heterocycles. The van der Waals surface area contributed by atoms with Crippen molar-refractivity contribution in [1.29, 1.82) is 0 Å². The number of nitrogens with zero attached hydrogens (tertiary/aromatic N) is 5. The molecule has 1 saturated heterocycles. The van der Waals surface area contributed by atoms with E-state index in [1.54, 1.807) is 30.3 Å². The highest BCUT2D eigenvalue weighted by Gasteiger charge is 2.33. The first-order chi connectivity index (χ1) is 15.1. The number of carbonyl (C=O) groups is 1. The lowest BCUT2D eigenvalue weighted by Gasteiger charge is -2.41. The number of fused-ring (bicyclic) bond motifs is 1. The molecule has 11 heteroatoms. The van der Waals surface area contributed by atoms with E-state index in [9.17, 15) is 18.3 Å². The summed E-state index contributed by atoms with van der Waals surface area (Å²) < 4.78 is 27.6. The molecule has 170 valence electrons. The molecule has 2 aromatic heterocycles. The Balaban J connectivity index is 1.79. The SMILES string of the molecule is Cc1ccc(S(=O)(=O)n2ccc3c(N(C)[C@H]4CN(C(=O)O)CC[C@H]4C)nc(Cl)nc32)cc1. The zero-order valence-electron chi connectivity index (χ0n) is 17.9. The predicted octanol–water partition coefficient (Wildman–Crippen LogP) is 3.45. The number of likely N-dealkylation sites (tertiary alicyclic amines) is 1. The van der Waals surface area contributed by atoms with Gasteiger partial charge < -0.3 is 14.9 Å². The first-order valence-electron chi connectivity index (χ1n) is 10.2. The zero-order valence-corrected chi connectivity index (χ0v) is 19.5. The molecule has 0 spiro atoms. The molecule has 2 atom stereocenters. The molecule has 0 saturated carbocycles. The Bertz CT molecular complexity index is 1280. The molecule has 32 heavy (non-hydrogen) atoms. The van der Waals surface area contributed by atoms with Crippen LogP contribution in [-0.4, -0.2) is 64.6 Å². The Morgan fingerprint density at radius 3 is 2.56 bits per heavy atom. The van der Waals surface area contributed by atoms with Gasteiger partial charge in [0, 0.05) is 26.3 Å². The van der Waals surface area contributed by atoms with E-state index in [2.05, 4.69) is 16.9 Å². The molecule has 3 heterocycles. The third kappa shape index (κ3) is 3.88. The topological polar surface area (TPSA) is 109 Å². The predicted molar refractivity (Wildman–Crippen MR) is 122 cm³/mol. The van der Waals surface area contributed by atoms with Gasteiger partial charge in [-0.25, -0.2) is 17.2 Å². The summed E-state index contributed by atoms with van der Waals surface area (Å²) in [6.45, 7) is 4.74. The molecule has 0 radical (unpaired) electrons. The summed E-state index contributed by atoms with van der Waals surface area (Å²) in [6.07, 6.45) is 1.19. The molecule has 1 fully saturated rings. The van der Waals surface area contributed by atoms with Gasteiger partial charge in [0.1, 0.15) is 5.82 Å². The average molecular weight is 478 g/mol. The van der Waals surface area contributed by atoms with Crippen LogP contribution < -0.4 is 4.90 Å². The molecule has 3 aromatic rings. The van der Waals surface area contributed by atoms with E-state index < -0.39 is 16.1 Å². The van der Waals surface area contributed by atoms with E-state index in [-0.39, 0.29) is 27.8 Å². The number of rotatable bonds is 4. The van der Waals surface area contributed by atoms with Gasteiger partial charge in [0.15, 0.2) is 5.65 Å². The smallest absolute Gasteiger partial charge is 0.407 e. The quantitative estimate of drug-likeness (QED) is 0.573. The number of aromatic nitrogens is 3. The minimum Gasteiger partial charge on any atom is -0.465 e.